The van der Waals surface area contributed by atoms with Crippen LogP contribution in [-0.4, -0.2) is 25.7 Å². The first-order chi connectivity index (χ1) is 11.8. The summed E-state index contributed by atoms with van der Waals surface area (Å²) in [4.78, 5) is 11.7. The molecular weight excluding hydrogens is 302 g/mol. The van der Waals surface area contributed by atoms with E-state index >= 15 is 0 Å². The highest BCUT2D eigenvalue weighted by molar-refractivity contribution is 5.89. The molecule has 3 N–H and O–H groups in total. The summed E-state index contributed by atoms with van der Waals surface area (Å²) in [6.07, 6.45) is 0.860. The summed E-state index contributed by atoms with van der Waals surface area (Å²) in [6.45, 7) is 4.85. The van der Waals surface area contributed by atoms with Crippen molar-refractivity contribution in [3.63, 3.8) is 0 Å². The fraction of sp³-hybridized carbons (Fsp3) is 0.316. The summed E-state index contributed by atoms with van der Waals surface area (Å²) in [5.41, 5.74) is 1.94. The first kappa shape index (κ1) is 17.8. The minimum atomic E-state index is -0.178. The number of ether oxygens (including phenoxy) is 1. The molecule has 5 heteroatoms. The Kier molecular flexibility index (Phi) is 7.63. The van der Waals surface area contributed by atoms with E-state index in [9.17, 15) is 4.79 Å². The highest BCUT2D eigenvalue weighted by Gasteiger charge is 2.02. The van der Waals surface area contributed by atoms with E-state index in [1.165, 1.54) is 0 Å². The van der Waals surface area contributed by atoms with Crippen LogP contribution in [0.15, 0.2) is 54.6 Å². The average molecular weight is 327 g/mol. The van der Waals surface area contributed by atoms with Crippen molar-refractivity contribution < 1.29 is 9.53 Å². The third kappa shape index (κ3) is 6.30. The number of hydrogen-bond donors (Lipinski definition) is 3. The SMILES string of the molecule is CCOc1ccccc1CNCCCNC(=O)Nc1ccccc1. The lowest BCUT2D eigenvalue weighted by atomic mass is 10.2. The number of carbonyl (C=O) groups excluding carboxylic acids is 1. The molecule has 2 rings (SSSR count). The molecule has 5 nitrogen and oxygen atoms in total. The largest absolute Gasteiger partial charge is 0.494 e. The Hall–Kier alpha value is -2.53. The number of carbonyl (C=O) groups is 1. The molecule has 0 saturated carbocycles. The maximum absolute atomic E-state index is 11.7. The van der Waals surface area contributed by atoms with Crippen LogP contribution >= 0.6 is 0 Å². The molecule has 0 fully saturated rings. The van der Waals surface area contributed by atoms with Gasteiger partial charge in [-0.2, -0.15) is 0 Å². The molecule has 0 radical (unpaired) electrons. The first-order valence-corrected chi connectivity index (χ1v) is 8.31. The van der Waals surface area contributed by atoms with Gasteiger partial charge in [0.1, 0.15) is 5.75 Å². The van der Waals surface area contributed by atoms with Gasteiger partial charge in [-0.25, -0.2) is 4.79 Å². The number of anilines is 1. The third-order valence-electron chi connectivity index (χ3n) is 3.44. The van der Waals surface area contributed by atoms with Gasteiger partial charge in [0.25, 0.3) is 0 Å². The van der Waals surface area contributed by atoms with Crippen LogP contribution in [0.25, 0.3) is 0 Å². The Morgan fingerprint density at radius 1 is 1.00 bits per heavy atom. The fourth-order valence-electron chi connectivity index (χ4n) is 2.28. The number of para-hydroxylation sites is 2. The molecule has 2 amide bonds. The Morgan fingerprint density at radius 3 is 2.54 bits per heavy atom. The summed E-state index contributed by atoms with van der Waals surface area (Å²) in [5, 5.41) is 9.01. The number of amides is 2. The molecule has 0 heterocycles. The molecule has 0 aliphatic carbocycles. The summed E-state index contributed by atoms with van der Waals surface area (Å²) >= 11 is 0. The van der Waals surface area contributed by atoms with Crippen LogP contribution in [0.3, 0.4) is 0 Å². The molecule has 128 valence electrons. The molecule has 0 aromatic heterocycles. The van der Waals surface area contributed by atoms with E-state index in [1.54, 1.807) is 0 Å². The van der Waals surface area contributed by atoms with Crippen LogP contribution in [-0.2, 0) is 6.54 Å². The fourth-order valence-corrected chi connectivity index (χ4v) is 2.28. The quantitative estimate of drug-likeness (QED) is 0.619. The van der Waals surface area contributed by atoms with E-state index in [4.69, 9.17) is 4.74 Å². The minimum absolute atomic E-state index is 0.178. The van der Waals surface area contributed by atoms with Crippen molar-refractivity contribution in [2.24, 2.45) is 0 Å². The van der Waals surface area contributed by atoms with Crippen LogP contribution < -0.4 is 20.7 Å². The maximum atomic E-state index is 11.7. The van der Waals surface area contributed by atoms with Gasteiger partial charge in [-0.15, -0.1) is 0 Å². The van der Waals surface area contributed by atoms with Gasteiger partial charge in [-0.3, -0.25) is 0 Å². The number of nitrogens with one attached hydrogen (secondary N) is 3. The molecule has 0 bridgehead atoms. The van der Waals surface area contributed by atoms with E-state index in [2.05, 4.69) is 22.0 Å². The van der Waals surface area contributed by atoms with Crippen LogP contribution in [0.4, 0.5) is 10.5 Å². The summed E-state index contributed by atoms with van der Waals surface area (Å²) in [7, 11) is 0. The molecule has 0 spiro atoms. The zero-order valence-electron chi connectivity index (χ0n) is 14.0. The Bertz CT molecular complexity index is 617. The first-order valence-electron chi connectivity index (χ1n) is 8.31. The van der Waals surface area contributed by atoms with Crippen molar-refractivity contribution >= 4 is 11.7 Å². The standard InChI is InChI=1S/C19H25N3O2/c1-2-24-18-12-7-6-9-16(18)15-20-13-8-14-21-19(23)22-17-10-4-3-5-11-17/h3-7,9-12,20H,2,8,13-15H2,1H3,(H2,21,22,23). The van der Waals surface area contributed by atoms with Gasteiger partial charge in [-0.05, 0) is 38.1 Å². The highest BCUT2D eigenvalue weighted by Crippen LogP contribution is 2.17. The second kappa shape index (κ2) is 10.3. The average Bonchev–Trinajstić information content (AvgIpc) is 2.60. The summed E-state index contributed by atoms with van der Waals surface area (Å²) in [5.74, 6) is 0.924. The van der Waals surface area contributed by atoms with Crippen molar-refractivity contribution in [1.29, 1.82) is 0 Å². The Labute approximate surface area is 143 Å². The zero-order valence-corrected chi connectivity index (χ0v) is 14.0. The third-order valence-corrected chi connectivity index (χ3v) is 3.44. The van der Waals surface area contributed by atoms with Gasteiger partial charge < -0.3 is 20.7 Å². The lowest BCUT2D eigenvalue weighted by molar-refractivity contribution is 0.252. The molecule has 0 aliphatic heterocycles. The van der Waals surface area contributed by atoms with E-state index in [0.717, 1.165) is 36.5 Å². The predicted molar refractivity (Wildman–Crippen MR) is 97.4 cm³/mol. The highest BCUT2D eigenvalue weighted by atomic mass is 16.5. The molecule has 0 saturated heterocycles. The molecule has 2 aromatic rings. The monoisotopic (exact) mass is 327 g/mol. The second-order valence-electron chi connectivity index (χ2n) is 5.32. The lowest BCUT2D eigenvalue weighted by Gasteiger charge is -2.11. The van der Waals surface area contributed by atoms with Crippen molar-refractivity contribution in [1.82, 2.24) is 10.6 Å². The van der Waals surface area contributed by atoms with E-state index in [0.29, 0.717) is 13.2 Å². The molecule has 2 aromatic carbocycles. The van der Waals surface area contributed by atoms with Gasteiger partial charge in [0.15, 0.2) is 0 Å². The normalized spacial score (nSPS) is 10.2. The number of urea groups is 1. The maximum Gasteiger partial charge on any atom is 0.319 e. The van der Waals surface area contributed by atoms with Gasteiger partial charge in [0, 0.05) is 24.3 Å². The molecule has 0 aliphatic rings. The predicted octanol–water partition coefficient (Wildman–Crippen LogP) is 3.39. The smallest absolute Gasteiger partial charge is 0.319 e. The second-order valence-corrected chi connectivity index (χ2v) is 5.32. The van der Waals surface area contributed by atoms with Crippen molar-refractivity contribution in [3.05, 3.63) is 60.2 Å². The van der Waals surface area contributed by atoms with E-state index in [-0.39, 0.29) is 6.03 Å². The van der Waals surface area contributed by atoms with Crippen molar-refractivity contribution in [3.8, 4) is 5.75 Å². The van der Waals surface area contributed by atoms with Crippen LogP contribution in [0.5, 0.6) is 5.75 Å². The van der Waals surface area contributed by atoms with Crippen molar-refractivity contribution in [2.45, 2.75) is 19.9 Å². The summed E-state index contributed by atoms with van der Waals surface area (Å²) < 4.78 is 5.60. The molecule has 0 atom stereocenters. The molecular formula is C19H25N3O2. The van der Waals surface area contributed by atoms with Gasteiger partial charge in [-0.1, -0.05) is 36.4 Å². The minimum Gasteiger partial charge on any atom is -0.494 e. The number of rotatable bonds is 9. The van der Waals surface area contributed by atoms with Gasteiger partial charge >= 0.3 is 6.03 Å². The topological polar surface area (TPSA) is 62.4 Å². The molecule has 0 unspecified atom stereocenters. The van der Waals surface area contributed by atoms with Crippen LogP contribution in [0.1, 0.15) is 18.9 Å². The van der Waals surface area contributed by atoms with Crippen LogP contribution in [0, 0.1) is 0 Å². The zero-order chi connectivity index (χ0) is 17.0. The van der Waals surface area contributed by atoms with Crippen LogP contribution in [0.2, 0.25) is 0 Å². The van der Waals surface area contributed by atoms with Crippen molar-refractivity contribution in [2.75, 3.05) is 25.0 Å². The Balaban J connectivity index is 1.59. The number of benzene rings is 2. The number of hydrogen-bond acceptors (Lipinski definition) is 3. The molecule has 24 heavy (non-hydrogen) atoms. The Morgan fingerprint density at radius 2 is 1.75 bits per heavy atom. The van der Waals surface area contributed by atoms with E-state index < -0.39 is 0 Å². The lowest BCUT2D eigenvalue weighted by Crippen LogP contribution is -2.31. The van der Waals surface area contributed by atoms with E-state index in [1.807, 2.05) is 55.5 Å². The van der Waals surface area contributed by atoms with Gasteiger partial charge in [0.05, 0.1) is 6.61 Å². The van der Waals surface area contributed by atoms with Gasteiger partial charge in [0.2, 0.25) is 0 Å². The summed E-state index contributed by atoms with van der Waals surface area (Å²) in [6, 6.07) is 17.3.